The molecule has 1 aliphatic carbocycles. The van der Waals surface area contributed by atoms with Gasteiger partial charge in [-0.05, 0) is 31.7 Å². The zero-order valence-corrected chi connectivity index (χ0v) is 12.3. The van der Waals surface area contributed by atoms with E-state index in [9.17, 15) is 14.7 Å². The molecule has 21 heavy (non-hydrogen) atoms. The molecule has 0 saturated heterocycles. The zero-order chi connectivity index (χ0) is 15.3. The molecule has 5 heteroatoms. The molecule has 0 bridgehead atoms. The average Bonchev–Trinajstić information content (AvgIpc) is 2.37. The van der Waals surface area contributed by atoms with Crippen LogP contribution in [0.5, 0.6) is 0 Å². The molecule has 1 aromatic rings. The number of carboxylic acid groups (broad SMARTS) is 1. The molecule has 1 unspecified atom stereocenters. The second kappa shape index (κ2) is 6.61. The molecule has 1 fully saturated rings. The van der Waals surface area contributed by atoms with Gasteiger partial charge in [0.25, 0.3) is 0 Å². The van der Waals surface area contributed by atoms with Crippen molar-refractivity contribution in [3.8, 4) is 0 Å². The van der Waals surface area contributed by atoms with Crippen molar-refractivity contribution in [2.45, 2.75) is 38.6 Å². The van der Waals surface area contributed by atoms with E-state index >= 15 is 0 Å². The summed E-state index contributed by atoms with van der Waals surface area (Å²) in [6.45, 7) is 2.13. The Hall–Kier alpha value is -2.04. The Morgan fingerprint density at radius 3 is 2.48 bits per heavy atom. The number of rotatable bonds is 6. The highest BCUT2D eigenvalue weighted by molar-refractivity contribution is 5.79. The van der Waals surface area contributed by atoms with Crippen molar-refractivity contribution in [2.24, 2.45) is 5.41 Å². The van der Waals surface area contributed by atoms with Crippen LogP contribution in [0.1, 0.15) is 31.7 Å². The summed E-state index contributed by atoms with van der Waals surface area (Å²) in [5.41, 5.74) is 0.409. The third kappa shape index (κ3) is 3.97. The first kappa shape index (κ1) is 15.4. The fourth-order valence-electron chi connectivity index (χ4n) is 2.61. The number of urea groups is 1. The second-order valence-electron chi connectivity index (χ2n) is 5.86. The summed E-state index contributed by atoms with van der Waals surface area (Å²) in [4.78, 5) is 23.0. The fraction of sp³-hybridized carbons (Fsp3) is 0.500. The van der Waals surface area contributed by atoms with Gasteiger partial charge in [-0.15, -0.1) is 0 Å². The van der Waals surface area contributed by atoms with Crippen molar-refractivity contribution >= 4 is 12.0 Å². The van der Waals surface area contributed by atoms with E-state index in [-0.39, 0.29) is 18.6 Å². The van der Waals surface area contributed by atoms with Crippen LogP contribution in [0.4, 0.5) is 4.79 Å². The topological polar surface area (TPSA) is 78.4 Å². The molecule has 1 atom stereocenters. The molecule has 114 valence electrons. The third-order valence-electron chi connectivity index (χ3n) is 4.11. The summed E-state index contributed by atoms with van der Waals surface area (Å²) >= 11 is 0. The minimum atomic E-state index is -0.814. The Kier molecular flexibility index (Phi) is 4.83. The molecule has 0 aliphatic heterocycles. The zero-order valence-electron chi connectivity index (χ0n) is 12.3. The number of benzene rings is 1. The van der Waals surface area contributed by atoms with Gasteiger partial charge in [0.1, 0.15) is 0 Å². The van der Waals surface area contributed by atoms with Crippen molar-refractivity contribution < 1.29 is 14.7 Å². The van der Waals surface area contributed by atoms with Gasteiger partial charge in [-0.25, -0.2) is 4.79 Å². The van der Waals surface area contributed by atoms with Crippen molar-refractivity contribution in [1.82, 2.24) is 10.6 Å². The highest BCUT2D eigenvalue weighted by atomic mass is 16.4. The van der Waals surface area contributed by atoms with Crippen molar-refractivity contribution in [3.05, 3.63) is 35.9 Å². The first-order valence-electron chi connectivity index (χ1n) is 7.33. The number of nitrogens with one attached hydrogen (secondary N) is 2. The predicted octanol–water partition coefficient (Wildman–Crippen LogP) is 2.17. The van der Waals surface area contributed by atoms with Crippen LogP contribution < -0.4 is 10.6 Å². The number of carbonyl (C=O) groups is 2. The average molecular weight is 290 g/mol. The molecule has 2 amide bonds. The summed E-state index contributed by atoms with van der Waals surface area (Å²) in [6, 6.07) is 9.62. The summed E-state index contributed by atoms with van der Waals surface area (Å²) < 4.78 is 0. The van der Waals surface area contributed by atoms with Gasteiger partial charge in [0, 0.05) is 12.6 Å². The number of hydrogen-bond donors (Lipinski definition) is 3. The minimum absolute atomic E-state index is 0.00503. The van der Waals surface area contributed by atoms with Gasteiger partial charge in [0.05, 0.1) is 5.41 Å². The van der Waals surface area contributed by atoms with Crippen molar-refractivity contribution in [1.29, 1.82) is 0 Å². The van der Waals surface area contributed by atoms with Crippen molar-refractivity contribution in [2.75, 3.05) is 6.54 Å². The monoisotopic (exact) mass is 290 g/mol. The smallest absolute Gasteiger partial charge is 0.315 e. The van der Waals surface area contributed by atoms with Crippen LogP contribution in [0.15, 0.2) is 30.3 Å². The Labute approximate surface area is 124 Å². The molecule has 5 nitrogen and oxygen atoms in total. The van der Waals surface area contributed by atoms with E-state index in [1.54, 1.807) is 0 Å². The van der Waals surface area contributed by atoms with Gasteiger partial charge < -0.3 is 15.7 Å². The lowest BCUT2D eigenvalue weighted by molar-refractivity contribution is -0.153. The lowest BCUT2D eigenvalue weighted by Gasteiger charge is -2.37. The maximum Gasteiger partial charge on any atom is 0.315 e. The molecule has 2 rings (SSSR count). The number of amides is 2. The standard InChI is InChI=1S/C16H22N2O3/c1-12(10-13-6-3-2-4-7-13)18-15(21)17-11-16(14(19)20)8-5-9-16/h2-4,6-7,12H,5,8-11H2,1H3,(H,19,20)(H2,17,18,21). The fourth-order valence-corrected chi connectivity index (χ4v) is 2.61. The number of carbonyl (C=O) groups excluding carboxylic acids is 1. The maximum absolute atomic E-state index is 11.8. The molecule has 1 saturated carbocycles. The number of carboxylic acids is 1. The second-order valence-corrected chi connectivity index (χ2v) is 5.86. The van der Waals surface area contributed by atoms with E-state index in [1.165, 1.54) is 0 Å². The van der Waals surface area contributed by atoms with Crippen LogP contribution in [0.25, 0.3) is 0 Å². The van der Waals surface area contributed by atoms with Gasteiger partial charge in [-0.1, -0.05) is 36.8 Å². The van der Waals surface area contributed by atoms with Gasteiger partial charge in [0.2, 0.25) is 0 Å². The van der Waals surface area contributed by atoms with Crippen LogP contribution in [-0.2, 0) is 11.2 Å². The maximum atomic E-state index is 11.8. The van der Waals surface area contributed by atoms with Crippen LogP contribution in [0.2, 0.25) is 0 Å². The molecule has 1 aromatic carbocycles. The van der Waals surface area contributed by atoms with E-state index in [1.807, 2.05) is 37.3 Å². The Morgan fingerprint density at radius 2 is 1.95 bits per heavy atom. The Balaban J connectivity index is 1.75. The number of aliphatic carboxylic acids is 1. The molecular formula is C16H22N2O3. The molecule has 0 heterocycles. The number of hydrogen-bond acceptors (Lipinski definition) is 2. The summed E-state index contributed by atoms with van der Waals surface area (Å²) in [6.07, 6.45) is 2.95. The largest absolute Gasteiger partial charge is 0.481 e. The third-order valence-corrected chi connectivity index (χ3v) is 4.11. The highest BCUT2D eigenvalue weighted by Gasteiger charge is 2.44. The molecule has 0 aromatic heterocycles. The normalized spacial score (nSPS) is 17.4. The van der Waals surface area contributed by atoms with Crippen LogP contribution >= 0.6 is 0 Å². The molecule has 0 spiro atoms. The molecule has 3 N–H and O–H groups in total. The summed E-state index contributed by atoms with van der Waals surface area (Å²) in [7, 11) is 0. The van der Waals surface area contributed by atoms with Gasteiger partial charge in [0.15, 0.2) is 0 Å². The first-order valence-corrected chi connectivity index (χ1v) is 7.33. The molecule has 1 aliphatic rings. The first-order chi connectivity index (χ1) is 10.0. The SMILES string of the molecule is CC(Cc1ccccc1)NC(=O)NCC1(C(=O)O)CCC1. The summed E-state index contributed by atoms with van der Waals surface area (Å²) in [5, 5.41) is 14.7. The van der Waals surface area contributed by atoms with Crippen LogP contribution in [0, 0.1) is 5.41 Å². The predicted molar refractivity (Wildman–Crippen MR) is 80.1 cm³/mol. The minimum Gasteiger partial charge on any atom is -0.481 e. The van der Waals surface area contributed by atoms with Crippen LogP contribution in [-0.4, -0.2) is 29.7 Å². The molecular weight excluding hydrogens is 268 g/mol. The Morgan fingerprint density at radius 1 is 1.29 bits per heavy atom. The lowest BCUT2D eigenvalue weighted by atomic mass is 9.69. The van der Waals surface area contributed by atoms with Crippen LogP contribution in [0.3, 0.4) is 0 Å². The van der Waals surface area contributed by atoms with Gasteiger partial charge in [-0.2, -0.15) is 0 Å². The Bertz CT molecular complexity index is 498. The van der Waals surface area contributed by atoms with E-state index < -0.39 is 11.4 Å². The summed E-state index contributed by atoms with van der Waals surface area (Å²) in [5.74, 6) is -0.814. The van der Waals surface area contributed by atoms with E-state index in [2.05, 4.69) is 10.6 Å². The molecule has 0 radical (unpaired) electrons. The quantitative estimate of drug-likeness (QED) is 0.751. The van der Waals surface area contributed by atoms with Gasteiger partial charge >= 0.3 is 12.0 Å². The van der Waals surface area contributed by atoms with E-state index in [0.717, 1.165) is 18.4 Å². The van der Waals surface area contributed by atoms with Gasteiger partial charge in [-0.3, -0.25) is 4.79 Å². The lowest BCUT2D eigenvalue weighted by Crippen LogP contribution is -2.51. The van der Waals surface area contributed by atoms with E-state index in [0.29, 0.717) is 12.8 Å². The van der Waals surface area contributed by atoms with E-state index in [4.69, 9.17) is 0 Å². The van der Waals surface area contributed by atoms with Crippen molar-refractivity contribution in [3.63, 3.8) is 0 Å². The highest BCUT2D eigenvalue weighted by Crippen LogP contribution is 2.40.